The highest BCUT2D eigenvalue weighted by atomic mass is 31.1. The van der Waals surface area contributed by atoms with E-state index in [-0.39, 0.29) is 0 Å². The molecule has 2 heterocycles. The van der Waals surface area contributed by atoms with Crippen LogP contribution in [0.25, 0.3) is 5.57 Å². The first-order valence-electron chi connectivity index (χ1n) is 11.8. The van der Waals surface area contributed by atoms with Gasteiger partial charge in [0.1, 0.15) is 27.8 Å². The van der Waals surface area contributed by atoms with Gasteiger partial charge in [-0.2, -0.15) is 0 Å². The van der Waals surface area contributed by atoms with Crippen LogP contribution in [0.15, 0.2) is 88.3 Å². The lowest BCUT2D eigenvalue weighted by molar-refractivity contribution is 0.478. The Morgan fingerprint density at radius 3 is 2.66 bits per heavy atom. The van der Waals surface area contributed by atoms with E-state index < -0.39 is 16.3 Å². The molecule has 168 valence electrons. The SMILES string of the molecule is C/C=C\C1=C(C)P(CCP2OC(=C/CC)/C(=C\C)C3=C2CCCC=C3)Oc2ccccc21. The van der Waals surface area contributed by atoms with Gasteiger partial charge in [0.05, 0.1) is 0 Å². The Morgan fingerprint density at radius 1 is 1.06 bits per heavy atom. The highest BCUT2D eigenvalue weighted by molar-refractivity contribution is 7.61. The first-order valence-corrected chi connectivity index (χ1v) is 14.7. The standard InChI is InChI=1S/C28H34O2P2/c1-5-13-23-21(4)31(29-27-17-12-11-15-24(23)27)19-20-32-28-18-10-8-9-16-25(28)22(7-3)26(30-32)14-6-2/h5,7,9,11-17H,6,8,10,18-20H2,1-4H3/b13-5-,22-7-,26-14+. The number of hydrogen-bond acceptors (Lipinski definition) is 2. The molecule has 0 saturated heterocycles. The lowest BCUT2D eigenvalue weighted by atomic mass is 10.0. The maximum absolute atomic E-state index is 6.72. The average Bonchev–Trinajstić information content (AvgIpc) is 3.06. The van der Waals surface area contributed by atoms with Crippen molar-refractivity contribution in [3.8, 4) is 5.75 Å². The Bertz CT molecular complexity index is 1040. The molecule has 1 aliphatic carbocycles. The van der Waals surface area contributed by atoms with E-state index in [4.69, 9.17) is 9.05 Å². The summed E-state index contributed by atoms with van der Waals surface area (Å²) in [6.45, 7) is 8.66. The van der Waals surface area contributed by atoms with Crippen molar-refractivity contribution in [3.05, 3.63) is 93.8 Å². The van der Waals surface area contributed by atoms with Crippen molar-refractivity contribution in [2.75, 3.05) is 12.3 Å². The Balaban J connectivity index is 1.62. The van der Waals surface area contributed by atoms with Crippen LogP contribution in [0.3, 0.4) is 0 Å². The van der Waals surface area contributed by atoms with E-state index >= 15 is 0 Å². The van der Waals surface area contributed by atoms with Crippen LogP contribution in [0, 0.1) is 0 Å². The molecular weight excluding hydrogens is 430 g/mol. The van der Waals surface area contributed by atoms with Gasteiger partial charge in [0.2, 0.25) is 0 Å². The van der Waals surface area contributed by atoms with Gasteiger partial charge in [-0.3, -0.25) is 0 Å². The molecule has 2 nitrogen and oxygen atoms in total. The molecule has 0 amide bonds. The third-order valence-corrected chi connectivity index (χ3v) is 10.6. The van der Waals surface area contributed by atoms with Gasteiger partial charge < -0.3 is 9.05 Å². The van der Waals surface area contributed by atoms with Gasteiger partial charge in [-0.1, -0.05) is 55.5 Å². The first-order chi connectivity index (χ1) is 15.7. The lowest BCUT2D eigenvalue weighted by Crippen LogP contribution is -2.11. The summed E-state index contributed by atoms with van der Waals surface area (Å²) in [4.78, 5) is 0. The van der Waals surface area contributed by atoms with Crippen LogP contribution in [-0.2, 0) is 4.52 Å². The van der Waals surface area contributed by atoms with Crippen molar-refractivity contribution < 1.29 is 9.05 Å². The summed E-state index contributed by atoms with van der Waals surface area (Å²) in [7, 11) is -1.32. The van der Waals surface area contributed by atoms with Gasteiger partial charge in [0.15, 0.2) is 0 Å². The molecule has 0 aromatic heterocycles. The summed E-state index contributed by atoms with van der Waals surface area (Å²) in [6, 6.07) is 8.45. The van der Waals surface area contributed by atoms with E-state index in [0.29, 0.717) is 0 Å². The lowest BCUT2D eigenvalue weighted by Gasteiger charge is -2.33. The average molecular weight is 465 g/mol. The maximum Gasteiger partial charge on any atom is 0.131 e. The van der Waals surface area contributed by atoms with Gasteiger partial charge in [0, 0.05) is 23.5 Å². The fraction of sp³-hybridized carbons (Fsp3) is 0.357. The first kappa shape index (κ1) is 23.3. The number of allylic oxidation sites excluding steroid dienone is 10. The largest absolute Gasteiger partial charge is 0.469 e. The van der Waals surface area contributed by atoms with Gasteiger partial charge in [0.25, 0.3) is 0 Å². The van der Waals surface area contributed by atoms with Crippen molar-refractivity contribution in [2.24, 2.45) is 0 Å². The number of benzene rings is 1. The highest BCUT2D eigenvalue weighted by Gasteiger charge is 2.32. The van der Waals surface area contributed by atoms with Crippen molar-refractivity contribution in [3.63, 3.8) is 0 Å². The molecule has 0 radical (unpaired) electrons. The van der Waals surface area contributed by atoms with Crippen LogP contribution >= 0.6 is 16.3 Å². The van der Waals surface area contributed by atoms with Crippen LogP contribution < -0.4 is 4.52 Å². The fourth-order valence-corrected chi connectivity index (χ4v) is 9.18. The van der Waals surface area contributed by atoms with E-state index in [2.05, 4.69) is 88.4 Å². The zero-order valence-electron chi connectivity index (χ0n) is 19.7. The zero-order valence-corrected chi connectivity index (χ0v) is 21.5. The number of rotatable bonds is 5. The topological polar surface area (TPSA) is 18.5 Å². The van der Waals surface area contributed by atoms with E-state index in [1.54, 1.807) is 0 Å². The van der Waals surface area contributed by atoms with Gasteiger partial charge in [-0.25, -0.2) is 0 Å². The molecule has 2 atom stereocenters. The predicted octanol–water partition coefficient (Wildman–Crippen LogP) is 9.44. The molecule has 0 fully saturated rings. The molecule has 0 bridgehead atoms. The molecule has 1 aromatic rings. The summed E-state index contributed by atoms with van der Waals surface area (Å²) >= 11 is 0. The molecule has 4 rings (SSSR count). The minimum Gasteiger partial charge on any atom is -0.469 e. The van der Waals surface area contributed by atoms with E-state index in [1.165, 1.54) is 39.3 Å². The smallest absolute Gasteiger partial charge is 0.131 e. The Labute approximate surface area is 196 Å². The van der Waals surface area contributed by atoms with Gasteiger partial charge in [-0.15, -0.1) is 0 Å². The molecule has 4 heteroatoms. The van der Waals surface area contributed by atoms with Crippen LogP contribution in [0.5, 0.6) is 5.75 Å². The summed E-state index contributed by atoms with van der Waals surface area (Å²) in [5, 5.41) is 2.93. The second-order valence-corrected chi connectivity index (χ2v) is 12.2. The molecule has 0 spiro atoms. The van der Waals surface area contributed by atoms with E-state index in [0.717, 1.165) is 43.1 Å². The van der Waals surface area contributed by atoms with Crippen molar-refractivity contribution in [1.29, 1.82) is 0 Å². The molecule has 2 unspecified atom stereocenters. The second-order valence-electron chi connectivity index (χ2n) is 8.22. The fourth-order valence-electron chi connectivity index (χ4n) is 4.55. The normalized spacial score (nSPS) is 25.6. The van der Waals surface area contributed by atoms with Gasteiger partial charge in [-0.05, 0) is 80.4 Å². The molecule has 0 saturated carbocycles. The Morgan fingerprint density at radius 2 is 1.88 bits per heavy atom. The molecule has 0 N–H and O–H groups in total. The summed E-state index contributed by atoms with van der Waals surface area (Å²) in [5.41, 5.74) is 5.24. The highest BCUT2D eigenvalue weighted by Crippen LogP contribution is 2.62. The van der Waals surface area contributed by atoms with Crippen LogP contribution in [0.2, 0.25) is 0 Å². The quantitative estimate of drug-likeness (QED) is 0.404. The maximum atomic E-state index is 6.72. The minimum atomic E-state index is -0.673. The second kappa shape index (κ2) is 10.8. The Kier molecular flexibility index (Phi) is 7.88. The monoisotopic (exact) mass is 464 g/mol. The van der Waals surface area contributed by atoms with Crippen molar-refractivity contribution >= 4 is 21.9 Å². The minimum absolute atomic E-state index is 0.648. The summed E-state index contributed by atoms with van der Waals surface area (Å²) in [5.74, 6) is 2.10. The van der Waals surface area contributed by atoms with E-state index in [9.17, 15) is 0 Å². The van der Waals surface area contributed by atoms with Crippen molar-refractivity contribution in [2.45, 2.75) is 53.4 Å². The van der Waals surface area contributed by atoms with Crippen LogP contribution in [0.4, 0.5) is 0 Å². The summed E-state index contributed by atoms with van der Waals surface area (Å²) < 4.78 is 13.3. The predicted molar refractivity (Wildman–Crippen MR) is 141 cm³/mol. The third-order valence-electron chi connectivity index (χ3n) is 6.11. The molecule has 32 heavy (non-hydrogen) atoms. The zero-order chi connectivity index (χ0) is 22.5. The van der Waals surface area contributed by atoms with E-state index in [1.807, 2.05) is 0 Å². The number of fused-ring (bicyclic) bond motifs is 1. The molecule has 2 aliphatic heterocycles. The van der Waals surface area contributed by atoms with Gasteiger partial charge >= 0.3 is 0 Å². The Hall–Kier alpha value is -1.88. The number of hydrogen-bond donors (Lipinski definition) is 0. The third kappa shape index (κ3) is 4.73. The van der Waals surface area contributed by atoms with Crippen LogP contribution in [0.1, 0.15) is 58.9 Å². The molecule has 1 aromatic carbocycles. The van der Waals surface area contributed by atoms with Crippen LogP contribution in [-0.4, -0.2) is 12.3 Å². The number of para-hydroxylation sites is 1. The summed E-state index contributed by atoms with van der Waals surface area (Å²) in [6.07, 6.45) is 20.1. The molecular formula is C28H34O2P2. The van der Waals surface area contributed by atoms with Crippen molar-refractivity contribution in [1.82, 2.24) is 0 Å². The molecule has 3 aliphatic rings.